The molecule has 0 amide bonds. The van der Waals surface area contributed by atoms with Crippen LogP contribution < -0.4 is 4.72 Å². The number of rotatable bonds is 9. The van der Waals surface area contributed by atoms with Gasteiger partial charge in [-0.15, -0.1) is 11.8 Å². The van der Waals surface area contributed by atoms with Gasteiger partial charge < -0.3 is 0 Å². The number of sulfonamides is 1. The molecule has 5 heteroatoms. The van der Waals surface area contributed by atoms with E-state index in [9.17, 15) is 8.42 Å². The third-order valence-corrected chi connectivity index (χ3v) is 5.13. The second-order valence-corrected chi connectivity index (χ2v) is 8.01. The molecule has 108 valence electrons. The maximum absolute atomic E-state index is 11.7. The summed E-state index contributed by atoms with van der Waals surface area (Å²) in [6.45, 7) is 4.60. The van der Waals surface area contributed by atoms with Crippen molar-refractivity contribution in [3.8, 4) is 0 Å². The van der Waals surface area contributed by atoms with Crippen LogP contribution >= 0.6 is 11.8 Å². The molecule has 3 nitrogen and oxygen atoms in total. The molecule has 0 aliphatic heterocycles. The summed E-state index contributed by atoms with van der Waals surface area (Å²) >= 11 is 1.75. The van der Waals surface area contributed by atoms with Crippen LogP contribution in [0.1, 0.15) is 26.7 Å². The van der Waals surface area contributed by atoms with Crippen molar-refractivity contribution in [2.45, 2.75) is 31.6 Å². The van der Waals surface area contributed by atoms with Crippen LogP contribution in [0.4, 0.5) is 0 Å². The van der Waals surface area contributed by atoms with Gasteiger partial charge in [-0.25, -0.2) is 13.1 Å². The van der Waals surface area contributed by atoms with Gasteiger partial charge in [-0.05, 0) is 36.6 Å². The van der Waals surface area contributed by atoms with Crippen molar-refractivity contribution in [3.05, 3.63) is 30.3 Å². The first kappa shape index (κ1) is 16.5. The molecule has 0 bridgehead atoms. The Kier molecular flexibility index (Phi) is 7.49. The largest absolute Gasteiger partial charge is 0.215 e. The zero-order chi connectivity index (χ0) is 14.1. The van der Waals surface area contributed by atoms with E-state index in [0.29, 0.717) is 18.9 Å². The van der Waals surface area contributed by atoms with E-state index in [-0.39, 0.29) is 5.75 Å². The van der Waals surface area contributed by atoms with Crippen LogP contribution in [0.15, 0.2) is 35.2 Å². The van der Waals surface area contributed by atoms with Crippen molar-refractivity contribution in [3.63, 3.8) is 0 Å². The molecular weight excluding hydrogens is 278 g/mol. The molecule has 0 saturated carbocycles. The predicted molar refractivity (Wildman–Crippen MR) is 83.0 cm³/mol. The van der Waals surface area contributed by atoms with Gasteiger partial charge in [-0.3, -0.25) is 0 Å². The third kappa shape index (κ3) is 8.29. The normalized spacial score (nSPS) is 11.9. The molecule has 0 heterocycles. The summed E-state index contributed by atoms with van der Waals surface area (Å²) in [5.41, 5.74) is 0. The van der Waals surface area contributed by atoms with Crippen molar-refractivity contribution in [2.24, 2.45) is 5.92 Å². The highest BCUT2D eigenvalue weighted by Gasteiger charge is 2.09. The monoisotopic (exact) mass is 301 g/mol. The van der Waals surface area contributed by atoms with Gasteiger partial charge in [0.1, 0.15) is 0 Å². The molecule has 0 aliphatic carbocycles. The Bertz CT molecular complexity index is 444. The maximum Gasteiger partial charge on any atom is 0.211 e. The van der Waals surface area contributed by atoms with Gasteiger partial charge in [0.05, 0.1) is 5.75 Å². The van der Waals surface area contributed by atoms with E-state index in [1.807, 2.05) is 32.0 Å². The molecule has 0 fully saturated rings. The summed E-state index contributed by atoms with van der Waals surface area (Å²) in [5, 5.41) is 0. The van der Waals surface area contributed by atoms with Crippen molar-refractivity contribution in [1.82, 2.24) is 4.72 Å². The molecule has 0 radical (unpaired) electrons. The molecule has 0 saturated heterocycles. The van der Waals surface area contributed by atoms with Gasteiger partial charge in [-0.2, -0.15) is 0 Å². The van der Waals surface area contributed by atoms with E-state index in [1.54, 1.807) is 11.8 Å². The van der Waals surface area contributed by atoms with Crippen LogP contribution in [-0.2, 0) is 10.0 Å². The second kappa shape index (κ2) is 8.61. The molecule has 0 aromatic heterocycles. The van der Waals surface area contributed by atoms with Gasteiger partial charge in [-0.1, -0.05) is 32.0 Å². The molecule has 0 spiro atoms. The Labute approximate surface area is 121 Å². The summed E-state index contributed by atoms with van der Waals surface area (Å²) < 4.78 is 26.0. The lowest BCUT2D eigenvalue weighted by molar-refractivity contribution is 0.561. The van der Waals surface area contributed by atoms with Gasteiger partial charge in [0, 0.05) is 11.4 Å². The molecule has 0 aliphatic rings. The summed E-state index contributed by atoms with van der Waals surface area (Å²) in [4.78, 5) is 1.23. The fourth-order valence-corrected chi connectivity index (χ4v) is 3.72. The number of benzene rings is 1. The minimum atomic E-state index is -3.08. The fourth-order valence-electron chi connectivity index (χ4n) is 1.47. The Morgan fingerprint density at radius 1 is 1.21 bits per heavy atom. The van der Waals surface area contributed by atoms with Gasteiger partial charge in [0.15, 0.2) is 0 Å². The van der Waals surface area contributed by atoms with Crippen LogP contribution in [0.2, 0.25) is 0 Å². The van der Waals surface area contributed by atoms with Gasteiger partial charge in [0.2, 0.25) is 10.0 Å². The summed E-state index contributed by atoms with van der Waals surface area (Å²) in [6, 6.07) is 10.1. The standard InChI is InChI=1S/C14H23NO2S2/c1-13(2)9-12-19(16,17)15-10-6-11-18-14-7-4-3-5-8-14/h3-5,7-8,13,15H,6,9-12H2,1-2H3. The molecule has 0 atom stereocenters. The summed E-state index contributed by atoms with van der Waals surface area (Å²) in [6.07, 6.45) is 1.56. The zero-order valence-electron chi connectivity index (χ0n) is 11.6. The average molecular weight is 301 g/mol. The quantitative estimate of drug-likeness (QED) is 0.563. The van der Waals surface area contributed by atoms with Crippen LogP contribution in [0.25, 0.3) is 0 Å². The second-order valence-electron chi connectivity index (χ2n) is 4.91. The van der Waals surface area contributed by atoms with Crippen molar-refractivity contribution in [2.75, 3.05) is 18.1 Å². The lowest BCUT2D eigenvalue weighted by Gasteiger charge is -2.08. The molecular formula is C14H23NO2S2. The third-order valence-electron chi connectivity index (χ3n) is 2.62. The lowest BCUT2D eigenvalue weighted by Crippen LogP contribution is -2.28. The van der Waals surface area contributed by atoms with Crippen molar-refractivity contribution >= 4 is 21.8 Å². The molecule has 0 unspecified atom stereocenters. The fraction of sp³-hybridized carbons (Fsp3) is 0.571. The van der Waals surface area contributed by atoms with E-state index in [4.69, 9.17) is 0 Å². The first-order valence-electron chi connectivity index (χ1n) is 6.65. The Hall–Kier alpha value is -0.520. The van der Waals surface area contributed by atoms with Crippen LogP contribution in [-0.4, -0.2) is 26.5 Å². The van der Waals surface area contributed by atoms with Crippen LogP contribution in [0.5, 0.6) is 0 Å². The van der Waals surface area contributed by atoms with Crippen molar-refractivity contribution in [1.29, 1.82) is 0 Å². The maximum atomic E-state index is 11.7. The SMILES string of the molecule is CC(C)CCS(=O)(=O)NCCCSc1ccccc1. The van der Waals surface area contributed by atoms with E-state index >= 15 is 0 Å². The number of hydrogen-bond donors (Lipinski definition) is 1. The minimum absolute atomic E-state index is 0.233. The lowest BCUT2D eigenvalue weighted by atomic mass is 10.2. The van der Waals surface area contributed by atoms with E-state index in [2.05, 4.69) is 16.9 Å². The predicted octanol–water partition coefficient (Wildman–Crippen LogP) is 3.13. The summed E-state index contributed by atoms with van der Waals surface area (Å²) in [5.74, 6) is 1.58. The molecule has 1 rings (SSSR count). The molecule has 1 aromatic rings. The highest BCUT2D eigenvalue weighted by atomic mass is 32.2. The highest BCUT2D eigenvalue weighted by Crippen LogP contribution is 2.17. The zero-order valence-corrected chi connectivity index (χ0v) is 13.3. The Balaban J connectivity index is 2.13. The van der Waals surface area contributed by atoms with E-state index < -0.39 is 10.0 Å². The number of hydrogen-bond acceptors (Lipinski definition) is 3. The molecule has 19 heavy (non-hydrogen) atoms. The topological polar surface area (TPSA) is 46.2 Å². The highest BCUT2D eigenvalue weighted by molar-refractivity contribution is 7.99. The first-order chi connectivity index (χ1) is 8.99. The van der Waals surface area contributed by atoms with Gasteiger partial charge in [0.25, 0.3) is 0 Å². The Morgan fingerprint density at radius 2 is 1.89 bits per heavy atom. The molecule has 1 N–H and O–H groups in total. The minimum Gasteiger partial charge on any atom is -0.215 e. The number of nitrogens with one attached hydrogen (secondary N) is 1. The molecule has 1 aromatic carbocycles. The van der Waals surface area contributed by atoms with Gasteiger partial charge >= 0.3 is 0 Å². The smallest absolute Gasteiger partial charge is 0.211 e. The Morgan fingerprint density at radius 3 is 2.53 bits per heavy atom. The van der Waals surface area contributed by atoms with Crippen LogP contribution in [0.3, 0.4) is 0 Å². The average Bonchev–Trinajstić information content (AvgIpc) is 2.37. The van der Waals surface area contributed by atoms with Crippen LogP contribution in [0, 0.1) is 5.92 Å². The van der Waals surface area contributed by atoms with E-state index in [1.165, 1.54) is 4.90 Å². The first-order valence-corrected chi connectivity index (χ1v) is 9.28. The van der Waals surface area contributed by atoms with Crippen molar-refractivity contribution < 1.29 is 8.42 Å². The van der Waals surface area contributed by atoms with E-state index in [0.717, 1.165) is 12.2 Å². The number of thioether (sulfide) groups is 1. The summed E-state index contributed by atoms with van der Waals surface area (Å²) in [7, 11) is -3.08.